The van der Waals surface area contributed by atoms with Gasteiger partial charge in [-0.3, -0.25) is 4.79 Å². The van der Waals surface area contributed by atoms with E-state index in [-0.39, 0.29) is 16.8 Å². The van der Waals surface area contributed by atoms with Gasteiger partial charge in [-0.05, 0) is 48.9 Å². The summed E-state index contributed by atoms with van der Waals surface area (Å²) in [4.78, 5) is 12.3. The Balaban J connectivity index is 2.53. The number of benzene rings is 2. The van der Waals surface area contributed by atoms with Gasteiger partial charge in [0.05, 0.1) is 5.56 Å². The van der Waals surface area contributed by atoms with E-state index in [1.54, 1.807) is 0 Å². The quantitative estimate of drug-likeness (QED) is 0.518. The molecule has 0 radical (unpaired) electrons. The second kappa shape index (κ2) is 5.20. The molecule has 6 heteroatoms. The van der Waals surface area contributed by atoms with E-state index in [2.05, 4.69) is 0 Å². The minimum Gasteiger partial charge on any atom is -0.398 e. The first-order valence-electron chi connectivity index (χ1n) is 5.97. The van der Waals surface area contributed by atoms with Gasteiger partial charge in [0.15, 0.2) is 5.78 Å². The van der Waals surface area contributed by atoms with Crippen LogP contribution in [0.4, 0.5) is 23.2 Å². The van der Waals surface area contributed by atoms with Gasteiger partial charge in [0.1, 0.15) is 5.82 Å². The normalized spacial score (nSPS) is 11.5. The van der Waals surface area contributed by atoms with E-state index in [1.807, 2.05) is 0 Å². The standard InChI is InChI=1S/C15H11F4NO/c1-8-6-10(16)3-4-11(8)14(21)12-7-9(15(17,18)19)2-5-13(12)20/h2-7H,20H2,1H3. The molecule has 0 amide bonds. The Kier molecular flexibility index (Phi) is 3.72. The van der Waals surface area contributed by atoms with Crippen LogP contribution in [-0.2, 0) is 6.18 Å². The summed E-state index contributed by atoms with van der Waals surface area (Å²) in [7, 11) is 0. The smallest absolute Gasteiger partial charge is 0.398 e. The lowest BCUT2D eigenvalue weighted by molar-refractivity contribution is -0.137. The van der Waals surface area contributed by atoms with Crippen LogP contribution in [0.25, 0.3) is 0 Å². The van der Waals surface area contributed by atoms with Gasteiger partial charge in [0.25, 0.3) is 0 Å². The fourth-order valence-corrected chi connectivity index (χ4v) is 1.96. The molecule has 2 rings (SSSR count). The number of nitrogens with two attached hydrogens (primary N) is 1. The molecule has 0 spiro atoms. The number of rotatable bonds is 2. The molecule has 0 saturated carbocycles. The molecule has 110 valence electrons. The highest BCUT2D eigenvalue weighted by Crippen LogP contribution is 2.32. The fourth-order valence-electron chi connectivity index (χ4n) is 1.96. The van der Waals surface area contributed by atoms with Gasteiger partial charge in [-0.1, -0.05) is 0 Å². The van der Waals surface area contributed by atoms with E-state index < -0.39 is 23.3 Å². The third-order valence-corrected chi connectivity index (χ3v) is 3.06. The van der Waals surface area contributed by atoms with E-state index >= 15 is 0 Å². The molecule has 0 fully saturated rings. The van der Waals surface area contributed by atoms with Crippen molar-refractivity contribution in [1.29, 1.82) is 0 Å². The Morgan fingerprint density at radius 2 is 1.71 bits per heavy atom. The Bertz CT molecular complexity index is 707. The lowest BCUT2D eigenvalue weighted by atomic mass is 9.96. The highest BCUT2D eigenvalue weighted by Gasteiger charge is 2.31. The van der Waals surface area contributed by atoms with Gasteiger partial charge in [0.2, 0.25) is 0 Å². The van der Waals surface area contributed by atoms with Crippen molar-refractivity contribution in [3.8, 4) is 0 Å². The second-order valence-electron chi connectivity index (χ2n) is 4.59. The fraction of sp³-hybridized carbons (Fsp3) is 0.133. The summed E-state index contributed by atoms with van der Waals surface area (Å²) >= 11 is 0. The first-order chi connectivity index (χ1) is 9.70. The molecular formula is C15H11F4NO. The summed E-state index contributed by atoms with van der Waals surface area (Å²) in [5, 5.41) is 0. The van der Waals surface area contributed by atoms with Crippen LogP contribution in [0.5, 0.6) is 0 Å². The first-order valence-corrected chi connectivity index (χ1v) is 5.97. The van der Waals surface area contributed by atoms with Crippen LogP contribution in [-0.4, -0.2) is 5.78 Å². The average molecular weight is 297 g/mol. The maximum atomic E-state index is 13.0. The minimum absolute atomic E-state index is 0.0586. The maximum Gasteiger partial charge on any atom is 0.416 e. The van der Waals surface area contributed by atoms with Crippen molar-refractivity contribution < 1.29 is 22.4 Å². The minimum atomic E-state index is -4.57. The van der Waals surface area contributed by atoms with Gasteiger partial charge in [-0.15, -0.1) is 0 Å². The Labute approximate surface area is 118 Å². The molecule has 0 aliphatic rings. The van der Waals surface area contributed by atoms with Crippen LogP contribution < -0.4 is 5.73 Å². The van der Waals surface area contributed by atoms with Crippen LogP contribution in [0.3, 0.4) is 0 Å². The number of anilines is 1. The van der Waals surface area contributed by atoms with Crippen molar-refractivity contribution in [2.24, 2.45) is 0 Å². The number of hydrogen-bond acceptors (Lipinski definition) is 2. The monoisotopic (exact) mass is 297 g/mol. The van der Waals surface area contributed by atoms with Gasteiger partial charge in [0, 0.05) is 16.8 Å². The number of hydrogen-bond donors (Lipinski definition) is 1. The van der Waals surface area contributed by atoms with Gasteiger partial charge in [-0.25, -0.2) is 4.39 Å². The van der Waals surface area contributed by atoms with Crippen LogP contribution in [0, 0.1) is 12.7 Å². The molecule has 2 nitrogen and oxygen atoms in total. The molecular weight excluding hydrogens is 286 g/mol. The van der Waals surface area contributed by atoms with Crippen molar-refractivity contribution in [2.75, 3.05) is 5.73 Å². The molecule has 0 unspecified atom stereocenters. The molecule has 21 heavy (non-hydrogen) atoms. The molecule has 2 aromatic rings. The average Bonchev–Trinajstić information content (AvgIpc) is 2.37. The summed E-state index contributed by atoms with van der Waals surface area (Å²) in [5.74, 6) is -1.20. The van der Waals surface area contributed by atoms with Crippen LogP contribution in [0.2, 0.25) is 0 Å². The molecule has 0 aliphatic heterocycles. The summed E-state index contributed by atoms with van der Waals surface area (Å²) in [6.07, 6.45) is -4.57. The molecule has 0 saturated heterocycles. The number of halogens is 4. The van der Waals surface area contributed by atoms with Crippen molar-refractivity contribution in [2.45, 2.75) is 13.1 Å². The van der Waals surface area contributed by atoms with E-state index in [4.69, 9.17) is 5.73 Å². The van der Waals surface area contributed by atoms with Crippen molar-refractivity contribution in [3.05, 3.63) is 64.5 Å². The third kappa shape index (κ3) is 3.04. The number of alkyl halides is 3. The molecule has 0 bridgehead atoms. The summed E-state index contributed by atoms with van der Waals surface area (Å²) in [5.41, 5.74) is 4.76. The number of ketones is 1. The van der Waals surface area contributed by atoms with Gasteiger partial charge >= 0.3 is 6.18 Å². The predicted molar refractivity (Wildman–Crippen MR) is 70.4 cm³/mol. The van der Waals surface area contributed by atoms with Crippen molar-refractivity contribution >= 4 is 11.5 Å². The number of carbonyl (C=O) groups is 1. The predicted octanol–water partition coefficient (Wildman–Crippen LogP) is 3.97. The van der Waals surface area contributed by atoms with Crippen molar-refractivity contribution in [3.63, 3.8) is 0 Å². The molecule has 0 heterocycles. The zero-order valence-electron chi connectivity index (χ0n) is 11.0. The Morgan fingerprint density at radius 3 is 2.29 bits per heavy atom. The zero-order chi connectivity index (χ0) is 15.8. The highest BCUT2D eigenvalue weighted by atomic mass is 19.4. The molecule has 2 aromatic carbocycles. The van der Waals surface area contributed by atoms with E-state index in [1.165, 1.54) is 13.0 Å². The maximum absolute atomic E-state index is 13.0. The number of carbonyl (C=O) groups excluding carboxylic acids is 1. The first kappa shape index (κ1) is 15.0. The number of aryl methyl sites for hydroxylation is 1. The molecule has 0 aromatic heterocycles. The summed E-state index contributed by atoms with van der Waals surface area (Å²) in [6.45, 7) is 1.50. The van der Waals surface area contributed by atoms with Crippen LogP contribution in [0.1, 0.15) is 27.0 Å². The van der Waals surface area contributed by atoms with E-state index in [9.17, 15) is 22.4 Å². The van der Waals surface area contributed by atoms with Crippen LogP contribution >= 0.6 is 0 Å². The molecule has 0 aliphatic carbocycles. The van der Waals surface area contributed by atoms with E-state index in [0.29, 0.717) is 11.6 Å². The Hall–Kier alpha value is -2.37. The van der Waals surface area contributed by atoms with Crippen molar-refractivity contribution in [1.82, 2.24) is 0 Å². The second-order valence-corrected chi connectivity index (χ2v) is 4.59. The molecule has 0 atom stereocenters. The lowest BCUT2D eigenvalue weighted by Gasteiger charge is -2.11. The van der Waals surface area contributed by atoms with Crippen LogP contribution in [0.15, 0.2) is 36.4 Å². The third-order valence-electron chi connectivity index (χ3n) is 3.06. The lowest BCUT2D eigenvalue weighted by Crippen LogP contribution is -2.11. The van der Waals surface area contributed by atoms with E-state index in [0.717, 1.165) is 24.3 Å². The number of nitrogen functional groups attached to an aromatic ring is 1. The largest absolute Gasteiger partial charge is 0.416 e. The molecule has 2 N–H and O–H groups in total. The zero-order valence-corrected chi connectivity index (χ0v) is 11.0. The Morgan fingerprint density at radius 1 is 1.05 bits per heavy atom. The topological polar surface area (TPSA) is 43.1 Å². The highest BCUT2D eigenvalue weighted by molar-refractivity contribution is 6.12. The summed E-state index contributed by atoms with van der Waals surface area (Å²) < 4.78 is 51.1. The van der Waals surface area contributed by atoms with Gasteiger partial charge in [-0.2, -0.15) is 13.2 Å². The van der Waals surface area contributed by atoms with Gasteiger partial charge < -0.3 is 5.73 Å². The SMILES string of the molecule is Cc1cc(F)ccc1C(=O)c1cc(C(F)(F)F)ccc1N. The summed E-state index contributed by atoms with van der Waals surface area (Å²) in [6, 6.07) is 5.99.